The summed E-state index contributed by atoms with van der Waals surface area (Å²) < 4.78 is 3.95. The van der Waals surface area contributed by atoms with E-state index in [0.717, 1.165) is 5.82 Å². The van der Waals surface area contributed by atoms with E-state index in [9.17, 15) is 14.9 Å². The zero-order valence-electron chi connectivity index (χ0n) is 15.3. The number of carbonyl (C=O) groups excluding carboxylic acids is 1. The van der Waals surface area contributed by atoms with E-state index < -0.39 is 4.92 Å². The summed E-state index contributed by atoms with van der Waals surface area (Å²) in [5.74, 6) is 0.461. The Labute approximate surface area is 165 Å². The zero-order valence-corrected chi connectivity index (χ0v) is 16.1. The molecule has 2 aromatic heterocycles. The van der Waals surface area contributed by atoms with Crippen LogP contribution in [0.1, 0.15) is 36.2 Å². The first kappa shape index (κ1) is 19.4. The number of aromatic nitrogens is 5. The fourth-order valence-corrected chi connectivity index (χ4v) is 3.10. The molecule has 10 nitrogen and oxygen atoms in total. The number of non-ortho nitro benzene ring substituents is 1. The molecular formula is C17H19N7O3S. The van der Waals surface area contributed by atoms with Crippen molar-refractivity contribution in [2.75, 3.05) is 6.54 Å². The second-order valence-electron chi connectivity index (χ2n) is 6.33. The molecule has 3 rings (SSSR count). The molecule has 2 heterocycles. The van der Waals surface area contributed by atoms with Gasteiger partial charge >= 0.3 is 0 Å². The van der Waals surface area contributed by atoms with E-state index in [4.69, 9.17) is 12.2 Å². The quantitative estimate of drug-likeness (QED) is 0.356. The summed E-state index contributed by atoms with van der Waals surface area (Å²) >= 11 is 5.21. The van der Waals surface area contributed by atoms with Gasteiger partial charge in [-0.25, -0.2) is 4.68 Å². The minimum absolute atomic E-state index is 0.00638. The van der Waals surface area contributed by atoms with Crippen molar-refractivity contribution in [3.05, 3.63) is 62.9 Å². The summed E-state index contributed by atoms with van der Waals surface area (Å²) in [6.45, 7) is 4.41. The van der Waals surface area contributed by atoms with Gasteiger partial charge in [0.1, 0.15) is 5.82 Å². The van der Waals surface area contributed by atoms with Crippen molar-refractivity contribution in [2.45, 2.75) is 26.3 Å². The number of hydrogen-bond acceptors (Lipinski definition) is 6. The van der Waals surface area contributed by atoms with Crippen LogP contribution in [0.3, 0.4) is 0 Å². The van der Waals surface area contributed by atoms with Gasteiger partial charge in [-0.3, -0.25) is 20.0 Å². The third kappa shape index (κ3) is 4.14. The average Bonchev–Trinajstić information content (AvgIpc) is 3.29. The van der Waals surface area contributed by atoms with Crippen LogP contribution in [-0.4, -0.2) is 41.9 Å². The van der Waals surface area contributed by atoms with Crippen LogP contribution in [0.4, 0.5) is 5.69 Å². The fourth-order valence-electron chi connectivity index (χ4n) is 2.74. The van der Waals surface area contributed by atoms with Gasteiger partial charge in [0, 0.05) is 37.3 Å². The topological polar surface area (TPSA) is 124 Å². The number of carbonyl (C=O) groups is 1. The second kappa shape index (κ2) is 8.13. The van der Waals surface area contributed by atoms with Crippen LogP contribution in [0.2, 0.25) is 0 Å². The van der Waals surface area contributed by atoms with E-state index in [1.165, 1.54) is 16.8 Å². The van der Waals surface area contributed by atoms with E-state index in [1.807, 2.05) is 18.4 Å². The maximum Gasteiger partial charge on any atom is 0.271 e. The lowest BCUT2D eigenvalue weighted by atomic mass is 10.3. The first-order chi connectivity index (χ1) is 13.4. The summed E-state index contributed by atoms with van der Waals surface area (Å²) in [6, 6.07) is 7.68. The summed E-state index contributed by atoms with van der Waals surface area (Å²) in [7, 11) is 0. The predicted octanol–water partition coefficient (Wildman–Crippen LogP) is 2.59. The number of H-pyrrole nitrogens is 1. The van der Waals surface area contributed by atoms with E-state index in [0.29, 0.717) is 23.4 Å². The van der Waals surface area contributed by atoms with E-state index in [1.54, 1.807) is 24.4 Å². The average molecular weight is 401 g/mol. The van der Waals surface area contributed by atoms with Gasteiger partial charge in [0.25, 0.3) is 11.6 Å². The Morgan fingerprint density at radius 3 is 2.68 bits per heavy atom. The lowest BCUT2D eigenvalue weighted by Crippen LogP contribution is -2.27. The molecule has 1 aromatic carbocycles. The van der Waals surface area contributed by atoms with Crippen LogP contribution in [-0.2, 0) is 6.42 Å². The Bertz CT molecular complexity index is 1050. The molecule has 28 heavy (non-hydrogen) atoms. The highest BCUT2D eigenvalue weighted by molar-refractivity contribution is 7.71. The molecule has 3 aromatic rings. The number of hydrogen-bond donors (Lipinski definition) is 2. The smallest absolute Gasteiger partial charge is 0.271 e. The third-order valence-electron chi connectivity index (χ3n) is 4.07. The van der Waals surface area contributed by atoms with Crippen molar-refractivity contribution in [3.63, 3.8) is 0 Å². The molecule has 0 unspecified atom stereocenters. The molecule has 0 aliphatic rings. The van der Waals surface area contributed by atoms with Crippen molar-refractivity contribution in [2.24, 2.45) is 0 Å². The maximum absolute atomic E-state index is 12.3. The van der Waals surface area contributed by atoms with Crippen molar-refractivity contribution >= 4 is 23.8 Å². The highest BCUT2D eigenvalue weighted by Gasteiger charge is 2.13. The van der Waals surface area contributed by atoms with Crippen molar-refractivity contribution < 1.29 is 9.72 Å². The molecule has 0 aliphatic carbocycles. The lowest BCUT2D eigenvalue weighted by molar-refractivity contribution is -0.384. The Morgan fingerprint density at radius 2 is 2.04 bits per heavy atom. The molecule has 0 saturated heterocycles. The van der Waals surface area contributed by atoms with Crippen LogP contribution in [0, 0.1) is 14.9 Å². The van der Waals surface area contributed by atoms with Crippen LogP contribution < -0.4 is 5.32 Å². The molecule has 146 valence electrons. The van der Waals surface area contributed by atoms with Gasteiger partial charge in [-0.2, -0.15) is 10.2 Å². The normalized spacial score (nSPS) is 11.0. The monoisotopic (exact) mass is 401 g/mol. The van der Waals surface area contributed by atoms with Crippen LogP contribution in [0.25, 0.3) is 5.69 Å². The molecule has 0 radical (unpaired) electrons. The standard InChI is InChI=1S/C17H19N7O3S/c1-11(2)23-15(19-20-17(23)28)7-9-18-16(25)14-8-10-22(21-14)12-3-5-13(6-4-12)24(26)27/h3-6,8,10-11H,7,9H2,1-2H3,(H,18,25)(H,20,28). The number of nitrogens with zero attached hydrogens (tertiary/aromatic N) is 5. The number of amides is 1. The first-order valence-electron chi connectivity index (χ1n) is 8.61. The third-order valence-corrected chi connectivity index (χ3v) is 4.36. The molecule has 0 fully saturated rings. The summed E-state index contributed by atoms with van der Waals surface area (Å²) in [4.78, 5) is 22.6. The minimum Gasteiger partial charge on any atom is -0.350 e. The van der Waals surface area contributed by atoms with Crippen molar-refractivity contribution in [1.82, 2.24) is 29.9 Å². The highest BCUT2D eigenvalue weighted by atomic mass is 32.1. The molecule has 0 aliphatic heterocycles. The zero-order chi connectivity index (χ0) is 20.3. The van der Waals surface area contributed by atoms with Gasteiger partial charge in [0.15, 0.2) is 10.5 Å². The molecule has 11 heteroatoms. The largest absolute Gasteiger partial charge is 0.350 e. The number of aromatic amines is 1. The van der Waals surface area contributed by atoms with Crippen LogP contribution in [0.15, 0.2) is 36.5 Å². The van der Waals surface area contributed by atoms with Gasteiger partial charge in [-0.05, 0) is 44.3 Å². The van der Waals surface area contributed by atoms with E-state index in [2.05, 4.69) is 20.6 Å². The first-order valence-corrected chi connectivity index (χ1v) is 9.02. The molecule has 1 amide bonds. The lowest BCUT2D eigenvalue weighted by Gasteiger charge is -2.10. The molecular weight excluding hydrogens is 382 g/mol. The molecule has 2 N–H and O–H groups in total. The maximum atomic E-state index is 12.3. The van der Waals surface area contributed by atoms with Gasteiger partial charge in [-0.15, -0.1) is 0 Å². The number of nitro benzene ring substituents is 1. The van der Waals surface area contributed by atoms with Gasteiger partial charge in [0.05, 0.1) is 10.6 Å². The Morgan fingerprint density at radius 1 is 1.32 bits per heavy atom. The van der Waals surface area contributed by atoms with Gasteiger partial charge in [0.2, 0.25) is 0 Å². The highest BCUT2D eigenvalue weighted by Crippen LogP contribution is 2.15. The molecule has 0 atom stereocenters. The van der Waals surface area contributed by atoms with Gasteiger partial charge in [-0.1, -0.05) is 0 Å². The van der Waals surface area contributed by atoms with Crippen molar-refractivity contribution in [1.29, 1.82) is 0 Å². The minimum atomic E-state index is -0.469. The molecule has 0 spiro atoms. The number of benzene rings is 1. The van der Waals surface area contributed by atoms with Gasteiger partial charge < -0.3 is 9.88 Å². The van der Waals surface area contributed by atoms with E-state index in [-0.39, 0.29) is 23.3 Å². The SMILES string of the molecule is CC(C)n1c(CCNC(=O)c2ccn(-c3ccc([N+](=O)[O-])cc3)n2)n[nH]c1=S. The van der Waals surface area contributed by atoms with Crippen LogP contribution in [0.5, 0.6) is 0 Å². The Kier molecular flexibility index (Phi) is 5.64. The predicted molar refractivity (Wildman–Crippen MR) is 104 cm³/mol. The fraction of sp³-hybridized carbons (Fsp3) is 0.294. The number of rotatable bonds is 7. The Hall–Kier alpha value is -3.34. The van der Waals surface area contributed by atoms with E-state index >= 15 is 0 Å². The number of nitrogens with one attached hydrogen (secondary N) is 2. The number of nitro groups is 1. The second-order valence-corrected chi connectivity index (χ2v) is 6.72. The summed E-state index contributed by atoms with van der Waals surface area (Å²) in [6.07, 6.45) is 2.15. The molecule has 0 bridgehead atoms. The Balaban J connectivity index is 1.61. The van der Waals surface area contributed by atoms with Crippen LogP contribution >= 0.6 is 12.2 Å². The summed E-state index contributed by atoms with van der Waals surface area (Å²) in [5.41, 5.74) is 0.867. The summed E-state index contributed by atoms with van der Waals surface area (Å²) in [5, 5.41) is 24.7. The van der Waals surface area contributed by atoms with Crippen molar-refractivity contribution in [3.8, 4) is 5.69 Å². The molecule has 0 saturated carbocycles.